The number of methoxy groups -OCH3 is 1. The van der Waals surface area contributed by atoms with Crippen LogP contribution in [0.5, 0.6) is 5.75 Å². The lowest BCUT2D eigenvalue weighted by Gasteiger charge is -2.23. The molecule has 0 amide bonds. The second-order valence-corrected chi connectivity index (χ2v) is 4.53. The molecule has 1 unspecified atom stereocenters. The Kier molecular flexibility index (Phi) is 2.65. The van der Waals surface area contributed by atoms with E-state index in [0.717, 1.165) is 12.0 Å². The van der Waals surface area contributed by atoms with Gasteiger partial charge in [0.1, 0.15) is 5.75 Å². The lowest BCUT2D eigenvalue weighted by atomic mass is 9.91. The maximum Gasteiger partial charge on any atom is 0.137 e. The summed E-state index contributed by atoms with van der Waals surface area (Å²) in [5, 5.41) is 10.3. The Morgan fingerprint density at radius 3 is 2.87 bits per heavy atom. The van der Waals surface area contributed by atoms with Gasteiger partial charge in [-0.3, -0.25) is 4.98 Å². The summed E-state index contributed by atoms with van der Waals surface area (Å²) in [6, 6.07) is 1.86. The van der Waals surface area contributed by atoms with Crippen molar-refractivity contribution in [3.8, 4) is 5.75 Å². The zero-order valence-corrected chi connectivity index (χ0v) is 9.23. The summed E-state index contributed by atoms with van der Waals surface area (Å²) in [5.74, 6) is 1.38. The third kappa shape index (κ3) is 2.48. The first-order valence-electron chi connectivity index (χ1n) is 5.34. The van der Waals surface area contributed by atoms with Crippen molar-refractivity contribution in [1.29, 1.82) is 0 Å². The van der Waals surface area contributed by atoms with Crippen LogP contribution in [0, 0.1) is 5.92 Å². The molecule has 1 aromatic heterocycles. The highest BCUT2D eigenvalue weighted by Crippen LogP contribution is 2.40. The lowest BCUT2D eigenvalue weighted by Crippen LogP contribution is -2.22. The lowest BCUT2D eigenvalue weighted by molar-refractivity contribution is 0.0412. The van der Waals surface area contributed by atoms with Crippen LogP contribution in [0.3, 0.4) is 0 Å². The molecule has 0 bridgehead atoms. The summed E-state index contributed by atoms with van der Waals surface area (Å²) >= 11 is 0. The number of hydrogen-bond donors (Lipinski definition) is 1. The predicted molar refractivity (Wildman–Crippen MR) is 57.7 cm³/mol. The van der Waals surface area contributed by atoms with Crippen LogP contribution in [0.1, 0.15) is 31.7 Å². The highest BCUT2D eigenvalue weighted by molar-refractivity contribution is 5.27. The average Bonchev–Trinajstić information content (AvgIpc) is 3.01. The molecule has 3 heteroatoms. The molecule has 0 aromatic carbocycles. The van der Waals surface area contributed by atoms with Gasteiger partial charge in [-0.05, 0) is 25.3 Å². The first kappa shape index (κ1) is 10.4. The molecule has 0 spiro atoms. The van der Waals surface area contributed by atoms with Crippen molar-refractivity contribution >= 4 is 0 Å². The van der Waals surface area contributed by atoms with Gasteiger partial charge in [-0.1, -0.05) is 12.8 Å². The van der Waals surface area contributed by atoms with E-state index in [4.69, 9.17) is 4.74 Å². The van der Waals surface area contributed by atoms with Crippen molar-refractivity contribution in [2.45, 2.75) is 31.8 Å². The minimum absolute atomic E-state index is 0.686. The summed E-state index contributed by atoms with van der Waals surface area (Å²) < 4.78 is 5.10. The van der Waals surface area contributed by atoms with Crippen LogP contribution < -0.4 is 4.74 Å². The highest BCUT2D eigenvalue weighted by atomic mass is 16.5. The van der Waals surface area contributed by atoms with Gasteiger partial charge in [-0.2, -0.15) is 0 Å². The van der Waals surface area contributed by atoms with Gasteiger partial charge in [0.15, 0.2) is 0 Å². The van der Waals surface area contributed by atoms with Crippen LogP contribution in [0.25, 0.3) is 0 Å². The first-order valence-corrected chi connectivity index (χ1v) is 5.34. The van der Waals surface area contributed by atoms with Crippen LogP contribution in [0.15, 0.2) is 18.5 Å². The number of ether oxygens (including phenoxy) is 1. The molecule has 2 rings (SSSR count). The van der Waals surface area contributed by atoms with Gasteiger partial charge in [0.25, 0.3) is 0 Å². The Balaban J connectivity index is 2.17. The molecule has 1 N–H and O–H groups in total. The minimum atomic E-state index is -0.775. The molecule has 1 aliphatic carbocycles. The second-order valence-electron chi connectivity index (χ2n) is 4.53. The quantitative estimate of drug-likeness (QED) is 0.822. The molecule has 82 valence electrons. The first-order chi connectivity index (χ1) is 7.12. The molecule has 3 nitrogen and oxygen atoms in total. The van der Waals surface area contributed by atoms with Crippen molar-refractivity contribution in [3.05, 3.63) is 24.0 Å². The van der Waals surface area contributed by atoms with Crippen molar-refractivity contribution in [2.24, 2.45) is 5.92 Å². The molecule has 0 saturated heterocycles. The van der Waals surface area contributed by atoms with E-state index < -0.39 is 5.60 Å². The third-order valence-corrected chi connectivity index (χ3v) is 2.95. The zero-order valence-electron chi connectivity index (χ0n) is 9.23. The Morgan fingerprint density at radius 1 is 1.53 bits per heavy atom. The van der Waals surface area contributed by atoms with Crippen molar-refractivity contribution < 1.29 is 9.84 Å². The van der Waals surface area contributed by atoms with Crippen LogP contribution in [-0.4, -0.2) is 17.2 Å². The van der Waals surface area contributed by atoms with Gasteiger partial charge >= 0.3 is 0 Å². The second kappa shape index (κ2) is 3.81. The van der Waals surface area contributed by atoms with E-state index in [1.807, 2.05) is 13.0 Å². The molecular weight excluding hydrogens is 190 g/mol. The van der Waals surface area contributed by atoms with Gasteiger partial charge < -0.3 is 9.84 Å². The van der Waals surface area contributed by atoms with Crippen LogP contribution in [0.4, 0.5) is 0 Å². The van der Waals surface area contributed by atoms with E-state index in [1.165, 1.54) is 12.8 Å². The average molecular weight is 207 g/mol. The molecule has 1 aromatic rings. The fraction of sp³-hybridized carbons (Fsp3) is 0.583. The predicted octanol–water partition coefficient (Wildman–Crippen LogP) is 2.10. The monoisotopic (exact) mass is 207 g/mol. The fourth-order valence-corrected chi connectivity index (χ4v) is 1.83. The molecular formula is C12H17NO2. The maximum absolute atomic E-state index is 10.3. The van der Waals surface area contributed by atoms with Gasteiger partial charge in [0, 0.05) is 11.8 Å². The van der Waals surface area contributed by atoms with E-state index in [0.29, 0.717) is 11.7 Å². The Hall–Kier alpha value is -1.09. The molecule has 1 atom stereocenters. The van der Waals surface area contributed by atoms with E-state index in [9.17, 15) is 5.11 Å². The fourth-order valence-electron chi connectivity index (χ4n) is 1.83. The SMILES string of the molecule is COc1cncc(C(C)(O)CC2CC2)c1. The van der Waals surface area contributed by atoms with Crippen LogP contribution in [0.2, 0.25) is 0 Å². The van der Waals surface area contributed by atoms with Gasteiger partial charge in [-0.25, -0.2) is 0 Å². The van der Waals surface area contributed by atoms with E-state index in [1.54, 1.807) is 19.5 Å². The number of rotatable bonds is 4. The molecule has 1 heterocycles. The Bertz CT molecular complexity index is 345. The smallest absolute Gasteiger partial charge is 0.137 e. The van der Waals surface area contributed by atoms with Crippen molar-refractivity contribution in [2.75, 3.05) is 7.11 Å². The zero-order chi connectivity index (χ0) is 10.9. The van der Waals surface area contributed by atoms with Gasteiger partial charge in [0.05, 0.1) is 18.9 Å². The number of nitrogens with zero attached hydrogens (tertiary/aromatic N) is 1. The summed E-state index contributed by atoms with van der Waals surface area (Å²) in [6.45, 7) is 1.85. The summed E-state index contributed by atoms with van der Waals surface area (Å²) in [7, 11) is 1.61. The Labute approximate surface area is 90.1 Å². The summed E-state index contributed by atoms with van der Waals surface area (Å²) in [5.41, 5.74) is 0.0663. The third-order valence-electron chi connectivity index (χ3n) is 2.95. The van der Waals surface area contributed by atoms with Gasteiger partial charge in [0.2, 0.25) is 0 Å². The molecule has 0 aliphatic heterocycles. The largest absolute Gasteiger partial charge is 0.495 e. The number of pyridine rings is 1. The van der Waals surface area contributed by atoms with Crippen molar-refractivity contribution in [3.63, 3.8) is 0 Å². The number of hydrogen-bond acceptors (Lipinski definition) is 3. The normalized spacial score (nSPS) is 19.7. The molecule has 1 saturated carbocycles. The highest BCUT2D eigenvalue weighted by Gasteiger charge is 2.33. The molecule has 15 heavy (non-hydrogen) atoms. The van der Waals surface area contributed by atoms with Crippen LogP contribution >= 0.6 is 0 Å². The number of aliphatic hydroxyl groups is 1. The standard InChI is InChI=1S/C12H17NO2/c1-12(14,6-9-3-4-9)10-5-11(15-2)8-13-7-10/h5,7-9,14H,3-4,6H2,1-2H3. The van der Waals surface area contributed by atoms with E-state index >= 15 is 0 Å². The summed E-state index contributed by atoms with van der Waals surface area (Å²) in [4.78, 5) is 4.06. The van der Waals surface area contributed by atoms with E-state index in [-0.39, 0.29) is 0 Å². The molecule has 1 fully saturated rings. The molecule has 0 radical (unpaired) electrons. The van der Waals surface area contributed by atoms with Gasteiger partial charge in [-0.15, -0.1) is 0 Å². The van der Waals surface area contributed by atoms with Crippen LogP contribution in [-0.2, 0) is 5.60 Å². The van der Waals surface area contributed by atoms with E-state index in [2.05, 4.69) is 4.98 Å². The minimum Gasteiger partial charge on any atom is -0.495 e. The Morgan fingerprint density at radius 2 is 2.27 bits per heavy atom. The topological polar surface area (TPSA) is 42.4 Å². The maximum atomic E-state index is 10.3. The number of aromatic nitrogens is 1. The summed E-state index contributed by atoms with van der Waals surface area (Å²) in [6.07, 6.45) is 6.67. The van der Waals surface area contributed by atoms with Crippen molar-refractivity contribution in [1.82, 2.24) is 4.98 Å². The molecule has 1 aliphatic rings.